The van der Waals surface area contributed by atoms with Gasteiger partial charge in [-0.25, -0.2) is 0 Å². The summed E-state index contributed by atoms with van der Waals surface area (Å²) >= 11 is 0. The van der Waals surface area contributed by atoms with Crippen molar-refractivity contribution in [2.45, 2.75) is 33.6 Å². The Morgan fingerprint density at radius 1 is 0.833 bits per heavy atom. The first-order valence-electron chi connectivity index (χ1n) is 7.79. The molecule has 2 aliphatic rings. The van der Waals surface area contributed by atoms with E-state index >= 15 is 0 Å². The zero-order chi connectivity index (χ0) is 18.6. The first-order valence-corrected chi connectivity index (χ1v) is 7.79. The number of rotatable bonds is 4. The number of aliphatic carboxylic acids is 4. The second-order valence-electron chi connectivity index (χ2n) is 7.87. The quantitative estimate of drug-likeness (QED) is 0.596. The van der Waals surface area contributed by atoms with Crippen molar-refractivity contribution in [1.29, 1.82) is 0 Å². The van der Waals surface area contributed by atoms with Gasteiger partial charge < -0.3 is 20.4 Å². The predicted octanol–water partition coefficient (Wildman–Crippen LogP) is 1.25. The summed E-state index contributed by atoms with van der Waals surface area (Å²) in [5, 5.41) is 38.1. The Kier molecular flexibility index (Phi) is 4.14. The van der Waals surface area contributed by atoms with Crippen LogP contribution in [0, 0.1) is 40.4 Å². The lowest BCUT2D eigenvalue weighted by Crippen LogP contribution is -2.71. The van der Waals surface area contributed by atoms with Crippen LogP contribution in [0.1, 0.15) is 33.6 Å². The molecule has 0 heterocycles. The van der Waals surface area contributed by atoms with Gasteiger partial charge in [0.25, 0.3) is 0 Å². The zero-order valence-corrected chi connectivity index (χ0v) is 13.7. The maximum Gasteiger partial charge on any atom is 0.311 e. The zero-order valence-electron chi connectivity index (χ0n) is 13.7. The number of carboxylic acid groups (broad SMARTS) is 4. The molecule has 0 aliphatic heterocycles. The van der Waals surface area contributed by atoms with Crippen LogP contribution in [0.4, 0.5) is 0 Å². The predicted molar refractivity (Wildman–Crippen MR) is 79.1 cm³/mol. The highest BCUT2D eigenvalue weighted by atomic mass is 16.4. The molecule has 2 saturated carbocycles. The summed E-state index contributed by atoms with van der Waals surface area (Å²) in [5.74, 6) is -10.1. The highest BCUT2D eigenvalue weighted by Crippen LogP contribution is 2.69. The third-order valence-corrected chi connectivity index (χ3v) is 6.04. The van der Waals surface area contributed by atoms with E-state index in [-0.39, 0.29) is 12.8 Å². The van der Waals surface area contributed by atoms with E-state index in [2.05, 4.69) is 0 Å². The molecule has 0 aromatic carbocycles. The van der Waals surface area contributed by atoms with Crippen molar-refractivity contribution in [2.75, 3.05) is 0 Å². The van der Waals surface area contributed by atoms with Gasteiger partial charge in [0.15, 0.2) is 0 Å². The molecule has 0 bridgehead atoms. The number of carbonyl (C=O) groups is 4. The first-order chi connectivity index (χ1) is 10.9. The SMILES string of the molecule is CC(C)(C)C1(C(=O)O)C2CC(C(=O)O)C(C(=O)O)CC2C1C(=O)O. The summed E-state index contributed by atoms with van der Waals surface area (Å²) in [5.41, 5.74) is -2.52. The third-order valence-electron chi connectivity index (χ3n) is 6.04. The van der Waals surface area contributed by atoms with Crippen LogP contribution >= 0.6 is 0 Å². The summed E-state index contributed by atoms with van der Waals surface area (Å²) in [7, 11) is 0. The molecule has 0 amide bonds. The maximum atomic E-state index is 12.1. The molecule has 0 aromatic heterocycles. The molecule has 2 fully saturated rings. The molecule has 0 aromatic rings. The van der Waals surface area contributed by atoms with E-state index in [1.54, 1.807) is 20.8 Å². The molecule has 0 spiro atoms. The fraction of sp³-hybridized carbons (Fsp3) is 0.750. The molecule has 134 valence electrons. The topological polar surface area (TPSA) is 149 Å². The summed E-state index contributed by atoms with van der Waals surface area (Å²) in [4.78, 5) is 46.7. The Labute approximate surface area is 138 Å². The fourth-order valence-corrected chi connectivity index (χ4v) is 5.13. The second-order valence-corrected chi connectivity index (χ2v) is 7.87. The van der Waals surface area contributed by atoms with Gasteiger partial charge in [-0.15, -0.1) is 0 Å². The van der Waals surface area contributed by atoms with E-state index in [0.29, 0.717) is 0 Å². The summed E-state index contributed by atoms with van der Waals surface area (Å²) in [6.07, 6.45) is -0.261. The van der Waals surface area contributed by atoms with Gasteiger partial charge in [0.05, 0.1) is 23.2 Å². The monoisotopic (exact) mass is 342 g/mol. The lowest BCUT2D eigenvalue weighted by atomic mass is 9.35. The van der Waals surface area contributed by atoms with E-state index in [1.165, 1.54) is 0 Å². The van der Waals surface area contributed by atoms with Gasteiger partial charge in [0.1, 0.15) is 0 Å². The van der Waals surface area contributed by atoms with Crippen molar-refractivity contribution in [3.63, 3.8) is 0 Å². The largest absolute Gasteiger partial charge is 0.481 e. The lowest BCUT2D eigenvalue weighted by Gasteiger charge is -2.65. The van der Waals surface area contributed by atoms with Gasteiger partial charge in [0.2, 0.25) is 0 Å². The van der Waals surface area contributed by atoms with Gasteiger partial charge in [-0.3, -0.25) is 19.2 Å². The molecule has 0 radical (unpaired) electrons. The van der Waals surface area contributed by atoms with Crippen molar-refractivity contribution >= 4 is 23.9 Å². The minimum absolute atomic E-state index is 0.126. The van der Waals surface area contributed by atoms with Gasteiger partial charge >= 0.3 is 23.9 Å². The van der Waals surface area contributed by atoms with E-state index in [1.807, 2.05) is 0 Å². The van der Waals surface area contributed by atoms with Crippen molar-refractivity contribution < 1.29 is 39.6 Å². The molecule has 0 saturated heterocycles. The van der Waals surface area contributed by atoms with Crippen molar-refractivity contribution in [3.05, 3.63) is 0 Å². The minimum Gasteiger partial charge on any atom is -0.481 e. The van der Waals surface area contributed by atoms with E-state index in [4.69, 9.17) is 0 Å². The Balaban J connectivity index is 2.54. The first kappa shape index (κ1) is 18.2. The van der Waals surface area contributed by atoms with Crippen LogP contribution in [0.25, 0.3) is 0 Å². The Morgan fingerprint density at radius 2 is 1.29 bits per heavy atom. The molecule has 2 rings (SSSR count). The van der Waals surface area contributed by atoms with Gasteiger partial charge in [0, 0.05) is 0 Å². The van der Waals surface area contributed by atoms with E-state index < -0.39 is 64.3 Å². The van der Waals surface area contributed by atoms with Gasteiger partial charge in [-0.2, -0.15) is 0 Å². The van der Waals surface area contributed by atoms with E-state index in [9.17, 15) is 39.6 Å². The van der Waals surface area contributed by atoms with Crippen LogP contribution in [0.2, 0.25) is 0 Å². The average molecular weight is 342 g/mol. The summed E-state index contributed by atoms with van der Waals surface area (Å²) in [6, 6.07) is 0. The molecule has 6 atom stereocenters. The summed E-state index contributed by atoms with van der Waals surface area (Å²) in [6.45, 7) is 4.89. The highest BCUT2D eigenvalue weighted by molar-refractivity contribution is 5.88. The molecule has 8 nitrogen and oxygen atoms in total. The molecule has 2 aliphatic carbocycles. The Bertz CT molecular complexity index is 604. The maximum absolute atomic E-state index is 12.1. The molecule has 6 unspecified atom stereocenters. The van der Waals surface area contributed by atoms with E-state index in [0.717, 1.165) is 0 Å². The number of hydrogen-bond acceptors (Lipinski definition) is 4. The lowest BCUT2D eigenvalue weighted by molar-refractivity contribution is -0.239. The van der Waals surface area contributed by atoms with Crippen LogP contribution in [-0.4, -0.2) is 44.3 Å². The van der Waals surface area contributed by atoms with Crippen molar-refractivity contribution in [3.8, 4) is 0 Å². The molecule has 4 N–H and O–H groups in total. The normalized spacial score (nSPS) is 38.5. The van der Waals surface area contributed by atoms with Crippen LogP contribution < -0.4 is 0 Å². The minimum atomic E-state index is -1.61. The average Bonchev–Trinajstić information content (AvgIpc) is 2.36. The van der Waals surface area contributed by atoms with Crippen LogP contribution in [-0.2, 0) is 19.2 Å². The van der Waals surface area contributed by atoms with Gasteiger partial charge in [-0.05, 0) is 30.1 Å². The molecular formula is C16H22O8. The highest BCUT2D eigenvalue weighted by Gasteiger charge is 2.75. The number of hydrogen-bond donors (Lipinski definition) is 4. The second kappa shape index (κ2) is 5.46. The third kappa shape index (κ3) is 2.19. The molecule has 24 heavy (non-hydrogen) atoms. The smallest absolute Gasteiger partial charge is 0.311 e. The Hall–Kier alpha value is -2.12. The molecule has 8 heteroatoms. The van der Waals surface area contributed by atoms with Crippen LogP contribution in [0.5, 0.6) is 0 Å². The number of fused-ring (bicyclic) bond motifs is 1. The van der Waals surface area contributed by atoms with Crippen LogP contribution in [0.3, 0.4) is 0 Å². The van der Waals surface area contributed by atoms with Crippen LogP contribution in [0.15, 0.2) is 0 Å². The number of carboxylic acids is 4. The van der Waals surface area contributed by atoms with Crippen molar-refractivity contribution in [2.24, 2.45) is 40.4 Å². The van der Waals surface area contributed by atoms with Gasteiger partial charge in [-0.1, -0.05) is 20.8 Å². The standard InChI is InChI=1S/C16H22O8/c1-15(2,3)16(14(23)24)9-5-7(12(19)20)6(11(17)18)4-8(9)10(16)13(21)22/h6-10H,4-5H2,1-3H3,(H,17,18)(H,19,20)(H,21,22)(H,23,24). The molecular weight excluding hydrogens is 320 g/mol. The van der Waals surface area contributed by atoms with Crippen molar-refractivity contribution in [1.82, 2.24) is 0 Å². The fourth-order valence-electron chi connectivity index (χ4n) is 5.13. The Morgan fingerprint density at radius 3 is 1.62 bits per heavy atom. The summed E-state index contributed by atoms with van der Waals surface area (Å²) < 4.78 is 0.